The number of nitro groups is 1. The van der Waals surface area contributed by atoms with Gasteiger partial charge in [-0.05, 0) is 12.5 Å². The Bertz CT molecular complexity index is 423. The standard InChI is InChI=1S/C10H11FN2O3/c1-3-9(14)12-10-6(2)4-7(13(15)16)5-8(10)11/h4-5H,3H2,1-2H3,(H,12,14). The van der Waals surface area contributed by atoms with Gasteiger partial charge in [0.2, 0.25) is 5.91 Å². The molecule has 0 unspecified atom stereocenters. The van der Waals surface area contributed by atoms with Crippen LogP contribution in [0.25, 0.3) is 0 Å². The van der Waals surface area contributed by atoms with Crippen LogP contribution in [-0.4, -0.2) is 10.8 Å². The molecule has 1 N–H and O–H groups in total. The SMILES string of the molecule is CCC(=O)Nc1c(C)cc([N+](=O)[O-])cc1F. The van der Waals surface area contributed by atoms with Crippen LogP contribution in [0.2, 0.25) is 0 Å². The number of hydrogen-bond acceptors (Lipinski definition) is 3. The van der Waals surface area contributed by atoms with Crippen LogP contribution in [0.5, 0.6) is 0 Å². The molecule has 0 aliphatic carbocycles. The number of halogens is 1. The number of carbonyl (C=O) groups excluding carboxylic acids is 1. The van der Waals surface area contributed by atoms with Crippen LogP contribution in [-0.2, 0) is 4.79 Å². The van der Waals surface area contributed by atoms with Crippen molar-refractivity contribution in [3.63, 3.8) is 0 Å². The number of nitro benzene ring substituents is 1. The highest BCUT2D eigenvalue weighted by Crippen LogP contribution is 2.25. The number of amides is 1. The molecular weight excluding hydrogens is 215 g/mol. The van der Waals surface area contributed by atoms with E-state index in [0.29, 0.717) is 5.56 Å². The third kappa shape index (κ3) is 2.53. The highest BCUT2D eigenvalue weighted by Gasteiger charge is 2.15. The number of aryl methyl sites for hydroxylation is 1. The smallest absolute Gasteiger partial charge is 0.272 e. The zero-order valence-electron chi connectivity index (χ0n) is 8.91. The average molecular weight is 226 g/mol. The van der Waals surface area contributed by atoms with Gasteiger partial charge in [0.25, 0.3) is 5.69 Å². The largest absolute Gasteiger partial charge is 0.323 e. The lowest BCUT2D eigenvalue weighted by atomic mass is 10.1. The second-order valence-corrected chi connectivity index (χ2v) is 3.28. The van der Waals surface area contributed by atoms with E-state index in [4.69, 9.17) is 0 Å². The maximum atomic E-state index is 13.4. The fourth-order valence-corrected chi connectivity index (χ4v) is 1.22. The monoisotopic (exact) mass is 226 g/mol. The van der Waals surface area contributed by atoms with E-state index in [1.54, 1.807) is 6.92 Å². The van der Waals surface area contributed by atoms with Gasteiger partial charge < -0.3 is 5.32 Å². The van der Waals surface area contributed by atoms with Crippen molar-refractivity contribution in [2.24, 2.45) is 0 Å². The third-order valence-corrected chi connectivity index (χ3v) is 2.07. The Morgan fingerprint density at radius 1 is 1.56 bits per heavy atom. The van der Waals surface area contributed by atoms with E-state index in [1.807, 2.05) is 0 Å². The topological polar surface area (TPSA) is 72.2 Å². The summed E-state index contributed by atoms with van der Waals surface area (Å²) in [5.41, 5.74) is -0.00422. The van der Waals surface area contributed by atoms with E-state index in [2.05, 4.69) is 5.32 Å². The first kappa shape index (κ1) is 12.1. The summed E-state index contributed by atoms with van der Waals surface area (Å²) in [5, 5.41) is 12.8. The zero-order valence-corrected chi connectivity index (χ0v) is 8.91. The molecule has 6 heteroatoms. The van der Waals surface area contributed by atoms with Gasteiger partial charge in [0, 0.05) is 12.5 Å². The van der Waals surface area contributed by atoms with Crippen LogP contribution >= 0.6 is 0 Å². The molecule has 1 aromatic rings. The lowest BCUT2D eigenvalue weighted by molar-refractivity contribution is -0.385. The Kier molecular flexibility index (Phi) is 3.55. The number of rotatable bonds is 3. The Balaban J connectivity index is 3.12. The fourth-order valence-electron chi connectivity index (χ4n) is 1.22. The number of hydrogen-bond donors (Lipinski definition) is 1. The van der Waals surface area contributed by atoms with E-state index < -0.39 is 10.7 Å². The molecule has 0 aromatic heterocycles. The summed E-state index contributed by atoms with van der Waals surface area (Å²) in [6, 6.07) is 2.01. The van der Waals surface area contributed by atoms with Crippen molar-refractivity contribution in [3.05, 3.63) is 33.6 Å². The highest BCUT2D eigenvalue weighted by molar-refractivity contribution is 5.91. The van der Waals surface area contributed by atoms with Crippen molar-refractivity contribution < 1.29 is 14.1 Å². The lowest BCUT2D eigenvalue weighted by Crippen LogP contribution is -2.12. The molecule has 0 fully saturated rings. The number of carbonyl (C=O) groups is 1. The first-order chi connectivity index (χ1) is 7.45. The molecule has 0 aliphatic rings. The van der Waals surface area contributed by atoms with Crippen LogP contribution < -0.4 is 5.32 Å². The van der Waals surface area contributed by atoms with E-state index >= 15 is 0 Å². The maximum Gasteiger partial charge on any atom is 0.272 e. The van der Waals surface area contributed by atoms with E-state index in [0.717, 1.165) is 6.07 Å². The summed E-state index contributed by atoms with van der Waals surface area (Å²) in [5.74, 6) is -1.13. The first-order valence-corrected chi connectivity index (χ1v) is 4.70. The average Bonchev–Trinajstić information content (AvgIpc) is 2.22. The molecular formula is C10H11FN2O3. The number of non-ortho nitro benzene ring substituents is 1. The molecule has 0 radical (unpaired) electrons. The number of nitrogens with one attached hydrogen (secondary N) is 1. The van der Waals surface area contributed by atoms with Crippen molar-refractivity contribution >= 4 is 17.3 Å². The van der Waals surface area contributed by atoms with Crippen molar-refractivity contribution in [3.8, 4) is 0 Å². The third-order valence-electron chi connectivity index (χ3n) is 2.07. The van der Waals surface area contributed by atoms with Crippen molar-refractivity contribution in [2.75, 3.05) is 5.32 Å². The normalized spacial score (nSPS) is 9.94. The molecule has 0 saturated carbocycles. The Morgan fingerprint density at radius 3 is 2.62 bits per heavy atom. The molecule has 0 bridgehead atoms. The summed E-state index contributed by atoms with van der Waals surface area (Å²) < 4.78 is 13.4. The molecule has 0 saturated heterocycles. The minimum atomic E-state index is -0.798. The molecule has 86 valence electrons. The molecule has 0 spiro atoms. The Morgan fingerprint density at radius 2 is 2.19 bits per heavy atom. The summed E-state index contributed by atoms with van der Waals surface area (Å²) in [4.78, 5) is 20.9. The molecule has 16 heavy (non-hydrogen) atoms. The van der Waals surface area contributed by atoms with Gasteiger partial charge in [0.15, 0.2) is 5.82 Å². The molecule has 0 atom stereocenters. The number of nitrogens with zero attached hydrogens (tertiary/aromatic N) is 1. The van der Waals surface area contributed by atoms with Crippen molar-refractivity contribution in [2.45, 2.75) is 20.3 Å². The predicted octanol–water partition coefficient (Wildman–Crippen LogP) is 2.39. The van der Waals surface area contributed by atoms with Crippen LogP contribution in [0.15, 0.2) is 12.1 Å². The summed E-state index contributed by atoms with van der Waals surface area (Å²) in [7, 11) is 0. The summed E-state index contributed by atoms with van der Waals surface area (Å²) in [6.45, 7) is 3.13. The number of benzene rings is 1. The fraction of sp³-hybridized carbons (Fsp3) is 0.300. The van der Waals surface area contributed by atoms with Gasteiger partial charge in [-0.2, -0.15) is 0 Å². The minimum absolute atomic E-state index is 0.00236. The van der Waals surface area contributed by atoms with Gasteiger partial charge >= 0.3 is 0 Å². The van der Waals surface area contributed by atoms with Crippen molar-refractivity contribution in [1.29, 1.82) is 0 Å². The molecule has 5 nitrogen and oxygen atoms in total. The van der Waals surface area contributed by atoms with Gasteiger partial charge in [0.05, 0.1) is 16.7 Å². The van der Waals surface area contributed by atoms with Gasteiger partial charge in [-0.3, -0.25) is 14.9 Å². The van der Waals surface area contributed by atoms with Crippen LogP contribution in [0.4, 0.5) is 15.8 Å². The lowest BCUT2D eigenvalue weighted by Gasteiger charge is -2.08. The van der Waals surface area contributed by atoms with Gasteiger partial charge in [-0.1, -0.05) is 6.92 Å². The van der Waals surface area contributed by atoms with Crippen LogP contribution in [0, 0.1) is 22.9 Å². The molecule has 0 aliphatic heterocycles. The van der Waals surface area contributed by atoms with Crippen LogP contribution in [0.3, 0.4) is 0 Å². The summed E-state index contributed by atoms with van der Waals surface area (Å²) >= 11 is 0. The highest BCUT2D eigenvalue weighted by atomic mass is 19.1. The first-order valence-electron chi connectivity index (χ1n) is 4.70. The van der Waals surface area contributed by atoms with Gasteiger partial charge in [-0.15, -0.1) is 0 Å². The van der Waals surface area contributed by atoms with E-state index in [9.17, 15) is 19.3 Å². The Hall–Kier alpha value is -1.98. The van der Waals surface area contributed by atoms with Crippen molar-refractivity contribution in [1.82, 2.24) is 0 Å². The molecule has 0 heterocycles. The van der Waals surface area contributed by atoms with E-state index in [1.165, 1.54) is 13.0 Å². The van der Waals surface area contributed by atoms with Gasteiger partial charge in [0.1, 0.15) is 0 Å². The molecule has 1 rings (SSSR count). The zero-order chi connectivity index (χ0) is 12.3. The predicted molar refractivity (Wildman–Crippen MR) is 56.7 cm³/mol. The maximum absolute atomic E-state index is 13.4. The summed E-state index contributed by atoms with van der Waals surface area (Å²) in [6.07, 6.45) is 0.218. The second kappa shape index (κ2) is 4.69. The minimum Gasteiger partial charge on any atom is -0.323 e. The van der Waals surface area contributed by atoms with Gasteiger partial charge in [-0.25, -0.2) is 4.39 Å². The Labute approximate surface area is 91.4 Å². The van der Waals surface area contributed by atoms with Crippen LogP contribution in [0.1, 0.15) is 18.9 Å². The molecule has 1 aromatic carbocycles. The second-order valence-electron chi connectivity index (χ2n) is 3.28. The number of anilines is 1. The van der Waals surface area contributed by atoms with E-state index in [-0.39, 0.29) is 23.7 Å². The quantitative estimate of drug-likeness (QED) is 0.635. The molecule has 1 amide bonds.